The summed E-state index contributed by atoms with van der Waals surface area (Å²) in [6.45, 7) is -0.367. The molecule has 1 aliphatic rings. The number of hydrogen-bond donors (Lipinski definition) is 2. The summed E-state index contributed by atoms with van der Waals surface area (Å²) in [6, 6.07) is 18.0. The SMILES string of the molecule is O=C1CN(C(=O)C=CCCCc2ccccc2)[C@](NC(=O)c2ccccc2)(C(=O)O)C1. The molecule has 2 amide bonds. The van der Waals surface area contributed by atoms with Crippen LogP contribution in [0.3, 0.4) is 0 Å². The lowest BCUT2D eigenvalue weighted by Crippen LogP contribution is -2.63. The maximum Gasteiger partial charge on any atom is 0.351 e. The number of nitrogens with zero attached hydrogens (tertiary/aromatic N) is 1. The van der Waals surface area contributed by atoms with E-state index in [9.17, 15) is 24.3 Å². The van der Waals surface area contributed by atoms with E-state index in [1.54, 1.807) is 24.3 Å². The van der Waals surface area contributed by atoms with Gasteiger partial charge < -0.3 is 10.4 Å². The zero-order valence-electron chi connectivity index (χ0n) is 17.0. The van der Waals surface area contributed by atoms with Crippen LogP contribution in [0.2, 0.25) is 0 Å². The predicted molar refractivity (Wildman–Crippen MR) is 114 cm³/mol. The minimum Gasteiger partial charge on any atom is -0.478 e. The number of aryl methyl sites for hydroxylation is 1. The van der Waals surface area contributed by atoms with Crippen molar-refractivity contribution in [2.45, 2.75) is 31.3 Å². The van der Waals surface area contributed by atoms with Crippen LogP contribution in [0.25, 0.3) is 0 Å². The third-order valence-corrected chi connectivity index (χ3v) is 5.16. The number of allylic oxidation sites excluding steroid dienone is 1. The van der Waals surface area contributed by atoms with Gasteiger partial charge in [-0.25, -0.2) is 4.79 Å². The summed E-state index contributed by atoms with van der Waals surface area (Å²) in [7, 11) is 0. The average molecular weight is 420 g/mol. The third kappa shape index (κ3) is 5.25. The van der Waals surface area contributed by atoms with Crippen LogP contribution in [0.15, 0.2) is 72.8 Å². The van der Waals surface area contributed by atoms with E-state index in [1.807, 2.05) is 30.3 Å². The lowest BCUT2D eigenvalue weighted by atomic mass is 10.1. The number of carboxylic acids is 1. The summed E-state index contributed by atoms with van der Waals surface area (Å²) >= 11 is 0. The molecule has 0 unspecified atom stereocenters. The fraction of sp³-hybridized carbons (Fsp3) is 0.250. The van der Waals surface area contributed by atoms with Crippen LogP contribution in [0.1, 0.15) is 35.2 Å². The van der Waals surface area contributed by atoms with E-state index in [4.69, 9.17) is 0 Å². The van der Waals surface area contributed by atoms with E-state index in [-0.39, 0.29) is 12.1 Å². The molecular weight excluding hydrogens is 396 g/mol. The van der Waals surface area contributed by atoms with Crippen LogP contribution in [0.4, 0.5) is 0 Å². The number of amides is 2. The van der Waals surface area contributed by atoms with Crippen LogP contribution < -0.4 is 5.32 Å². The van der Waals surface area contributed by atoms with E-state index < -0.39 is 35.7 Å². The molecule has 1 aliphatic heterocycles. The van der Waals surface area contributed by atoms with E-state index in [1.165, 1.54) is 23.8 Å². The van der Waals surface area contributed by atoms with Gasteiger partial charge in [0.05, 0.1) is 13.0 Å². The maximum absolute atomic E-state index is 12.7. The molecule has 0 bridgehead atoms. The number of aliphatic carboxylic acids is 1. The summed E-state index contributed by atoms with van der Waals surface area (Å²) in [5.74, 6) is -3.17. The summed E-state index contributed by atoms with van der Waals surface area (Å²) in [6.07, 6.45) is 4.76. The molecule has 1 saturated heterocycles. The summed E-state index contributed by atoms with van der Waals surface area (Å²) in [5.41, 5.74) is -0.664. The van der Waals surface area contributed by atoms with Crippen molar-refractivity contribution in [3.05, 3.63) is 83.9 Å². The summed E-state index contributed by atoms with van der Waals surface area (Å²) < 4.78 is 0. The molecule has 160 valence electrons. The molecule has 2 aromatic rings. The monoisotopic (exact) mass is 420 g/mol. The lowest BCUT2D eigenvalue weighted by molar-refractivity contribution is -0.156. The first-order valence-corrected chi connectivity index (χ1v) is 10.1. The molecule has 7 heteroatoms. The molecule has 0 aliphatic carbocycles. The molecule has 0 aromatic heterocycles. The molecule has 0 saturated carbocycles. The minimum atomic E-state index is -2.10. The molecule has 1 heterocycles. The number of Topliss-reactive ketones (excluding diaryl/α,β-unsaturated/α-hetero) is 1. The Morgan fingerprint density at radius 1 is 1.03 bits per heavy atom. The number of benzene rings is 2. The molecule has 2 N–H and O–H groups in total. The summed E-state index contributed by atoms with van der Waals surface area (Å²) in [5, 5.41) is 12.3. The second-order valence-electron chi connectivity index (χ2n) is 7.41. The van der Waals surface area contributed by atoms with Crippen molar-refractivity contribution in [1.82, 2.24) is 10.2 Å². The van der Waals surface area contributed by atoms with E-state index in [2.05, 4.69) is 5.32 Å². The van der Waals surface area contributed by atoms with Gasteiger partial charge >= 0.3 is 5.97 Å². The van der Waals surface area contributed by atoms with Crippen LogP contribution in [-0.4, -0.2) is 45.8 Å². The van der Waals surface area contributed by atoms with E-state index in [0.29, 0.717) is 6.42 Å². The number of rotatable bonds is 8. The zero-order chi connectivity index (χ0) is 22.3. The van der Waals surface area contributed by atoms with Gasteiger partial charge in [-0.05, 0) is 43.0 Å². The van der Waals surface area contributed by atoms with Gasteiger partial charge in [0, 0.05) is 5.56 Å². The quantitative estimate of drug-likeness (QED) is 0.505. The number of ketones is 1. The third-order valence-electron chi connectivity index (χ3n) is 5.16. The van der Waals surface area contributed by atoms with Crippen molar-refractivity contribution in [2.24, 2.45) is 0 Å². The van der Waals surface area contributed by atoms with Crippen molar-refractivity contribution in [3.8, 4) is 0 Å². The first-order valence-electron chi connectivity index (χ1n) is 10.1. The molecule has 2 aromatic carbocycles. The minimum absolute atomic E-state index is 0.242. The van der Waals surface area contributed by atoms with Crippen LogP contribution in [0, 0.1) is 0 Å². The van der Waals surface area contributed by atoms with Crippen molar-refractivity contribution < 1.29 is 24.3 Å². The Labute approximate surface area is 180 Å². The zero-order valence-corrected chi connectivity index (χ0v) is 17.0. The number of likely N-dealkylation sites (tertiary alicyclic amines) is 1. The molecule has 0 spiro atoms. The molecule has 31 heavy (non-hydrogen) atoms. The second kappa shape index (κ2) is 9.84. The Bertz CT molecular complexity index is 988. The second-order valence-corrected chi connectivity index (χ2v) is 7.41. The summed E-state index contributed by atoms with van der Waals surface area (Å²) in [4.78, 5) is 50.4. The number of carbonyl (C=O) groups is 4. The maximum atomic E-state index is 12.7. The van der Waals surface area contributed by atoms with Gasteiger partial charge in [-0.3, -0.25) is 19.3 Å². The fourth-order valence-corrected chi connectivity index (χ4v) is 3.56. The standard InChI is InChI=1S/C24H24N2O5/c27-20-16-24(23(30)31,25-22(29)19-13-7-3-8-14-19)26(17-20)21(28)15-9-2-6-12-18-10-4-1-5-11-18/h1,3-5,7-11,13-15H,2,6,12,16-17H2,(H,25,29)(H,30,31)/t24-/m0/s1. The molecule has 0 radical (unpaired) electrons. The van der Waals surface area contributed by atoms with Crippen molar-refractivity contribution in [1.29, 1.82) is 0 Å². The largest absolute Gasteiger partial charge is 0.478 e. The predicted octanol–water partition coefficient (Wildman–Crippen LogP) is 2.58. The fourth-order valence-electron chi connectivity index (χ4n) is 3.56. The van der Waals surface area contributed by atoms with Gasteiger partial charge in [0.25, 0.3) is 5.91 Å². The highest BCUT2D eigenvalue weighted by molar-refractivity contribution is 6.05. The Kier molecular flexibility index (Phi) is 6.97. The molecule has 7 nitrogen and oxygen atoms in total. The topological polar surface area (TPSA) is 104 Å². The van der Waals surface area contributed by atoms with Crippen LogP contribution in [0.5, 0.6) is 0 Å². The molecule has 1 atom stereocenters. The van der Waals surface area contributed by atoms with Crippen molar-refractivity contribution in [2.75, 3.05) is 6.54 Å². The van der Waals surface area contributed by atoms with Crippen LogP contribution in [-0.2, 0) is 20.8 Å². The van der Waals surface area contributed by atoms with Gasteiger partial charge in [0.1, 0.15) is 0 Å². The van der Waals surface area contributed by atoms with Crippen molar-refractivity contribution in [3.63, 3.8) is 0 Å². The van der Waals surface area contributed by atoms with Gasteiger partial charge in [-0.1, -0.05) is 54.6 Å². The Hall–Kier alpha value is -3.74. The van der Waals surface area contributed by atoms with Crippen LogP contribution >= 0.6 is 0 Å². The van der Waals surface area contributed by atoms with E-state index in [0.717, 1.165) is 17.7 Å². The normalized spacial score (nSPS) is 18.3. The average Bonchev–Trinajstić information content (AvgIpc) is 3.12. The van der Waals surface area contributed by atoms with E-state index >= 15 is 0 Å². The number of carbonyl (C=O) groups excluding carboxylic acids is 3. The first-order chi connectivity index (χ1) is 14.9. The first kappa shape index (κ1) is 22.0. The number of unbranched alkanes of at least 4 members (excludes halogenated alkanes) is 1. The van der Waals surface area contributed by atoms with Crippen molar-refractivity contribution >= 4 is 23.6 Å². The lowest BCUT2D eigenvalue weighted by Gasteiger charge is -2.33. The highest BCUT2D eigenvalue weighted by atomic mass is 16.4. The Balaban J connectivity index is 1.68. The smallest absolute Gasteiger partial charge is 0.351 e. The number of hydrogen-bond acceptors (Lipinski definition) is 4. The number of carboxylic acid groups (broad SMARTS) is 1. The Morgan fingerprint density at radius 3 is 2.32 bits per heavy atom. The van der Waals surface area contributed by atoms with Gasteiger partial charge in [-0.2, -0.15) is 0 Å². The highest BCUT2D eigenvalue weighted by Crippen LogP contribution is 2.26. The highest BCUT2D eigenvalue weighted by Gasteiger charge is 2.54. The van der Waals surface area contributed by atoms with Gasteiger partial charge in [0.15, 0.2) is 5.78 Å². The van der Waals surface area contributed by atoms with Gasteiger partial charge in [-0.15, -0.1) is 0 Å². The number of nitrogens with one attached hydrogen (secondary N) is 1. The molecular formula is C24H24N2O5. The Morgan fingerprint density at radius 2 is 1.68 bits per heavy atom. The molecule has 1 fully saturated rings. The van der Waals surface area contributed by atoms with Gasteiger partial charge in [0.2, 0.25) is 11.6 Å². The molecule has 3 rings (SSSR count).